The second kappa shape index (κ2) is 6.61. The van der Waals surface area contributed by atoms with Crippen LogP contribution in [0.3, 0.4) is 0 Å². The Balaban J connectivity index is 2.12. The monoisotopic (exact) mass is 261 g/mol. The molecule has 0 radical (unpaired) electrons. The highest BCUT2D eigenvalue weighted by Gasteiger charge is 2.23. The van der Waals surface area contributed by atoms with Gasteiger partial charge in [-0.05, 0) is 27.2 Å². The normalized spacial score (nSPS) is 22.5. The summed E-state index contributed by atoms with van der Waals surface area (Å²) < 4.78 is 10.5. The zero-order valence-electron chi connectivity index (χ0n) is 10.9. The Bertz CT molecular complexity index is 247. The zero-order chi connectivity index (χ0) is 12.9. The minimum Gasteiger partial charge on any atom is -0.459 e. The summed E-state index contributed by atoms with van der Waals surface area (Å²) in [5.74, 6) is 1.43. The van der Waals surface area contributed by atoms with Gasteiger partial charge < -0.3 is 15.2 Å². The molecule has 4 nitrogen and oxygen atoms in total. The molecule has 1 heterocycles. The lowest BCUT2D eigenvalue weighted by atomic mass is 10.0. The van der Waals surface area contributed by atoms with Gasteiger partial charge in [0.15, 0.2) is 0 Å². The molecular weight excluding hydrogens is 238 g/mol. The van der Waals surface area contributed by atoms with Crippen LogP contribution in [0.5, 0.6) is 0 Å². The first kappa shape index (κ1) is 14.8. The van der Waals surface area contributed by atoms with Crippen LogP contribution in [0.1, 0.15) is 27.2 Å². The van der Waals surface area contributed by atoms with E-state index in [1.54, 1.807) is 11.8 Å². The lowest BCUT2D eigenvalue weighted by Gasteiger charge is -2.20. The van der Waals surface area contributed by atoms with Gasteiger partial charge in [0.25, 0.3) is 0 Å². The van der Waals surface area contributed by atoms with Crippen LogP contribution in [0.25, 0.3) is 0 Å². The van der Waals surface area contributed by atoms with Crippen LogP contribution in [0, 0.1) is 5.92 Å². The fraction of sp³-hybridized carbons (Fsp3) is 0.917. The average molecular weight is 261 g/mol. The molecule has 0 saturated carbocycles. The van der Waals surface area contributed by atoms with E-state index in [9.17, 15) is 4.79 Å². The summed E-state index contributed by atoms with van der Waals surface area (Å²) in [6, 6.07) is 0.116. The van der Waals surface area contributed by atoms with Crippen LogP contribution < -0.4 is 5.73 Å². The van der Waals surface area contributed by atoms with Crippen molar-refractivity contribution in [1.29, 1.82) is 0 Å². The Morgan fingerprint density at radius 1 is 1.59 bits per heavy atom. The van der Waals surface area contributed by atoms with Crippen LogP contribution in [-0.4, -0.2) is 42.3 Å². The van der Waals surface area contributed by atoms with Crippen molar-refractivity contribution in [3.8, 4) is 0 Å². The van der Waals surface area contributed by atoms with Gasteiger partial charge in [-0.3, -0.25) is 4.79 Å². The molecule has 2 atom stereocenters. The smallest absolute Gasteiger partial charge is 0.316 e. The summed E-state index contributed by atoms with van der Waals surface area (Å²) >= 11 is 1.54. The van der Waals surface area contributed by atoms with E-state index >= 15 is 0 Å². The number of ether oxygens (including phenoxy) is 2. The number of hydrogen-bond acceptors (Lipinski definition) is 5. The van der Waals surface area contributed by atoms with Crippen molar-refractivity contribution < 1.29 is 14.3 Å². The molecule has 0 bridgehead atoms. The van der Waals surface area contributed by atoms with E-state index in [2.05, 4.69) is 0 Å². The highest BCUT2D eigenvalue weighted by molar-refractivity contribution is 7.99. The summed E-state index contributed by atoms with van der Waals surface area (Å²) in [6.07, 6.45) is 1.04. The van der Waals surface area contributed by atoms with Crippen LogP contribution in [0.15, 0.2) is 0 Å². The van der Waals surface area contributed by atoms with Gasteiger partial charge in [-0.25, -0.2) is 0 Å². The van der Waals surface area contributed by atoms with Crippen molar-refractivity contribution >= 4 is 17.7 Å². The van der Waals surface area contributed by atoms with Crippen LogP contribution in [0.4, 0.5) is 0 Å². The maximum Gasteiger partial charge on any atom is 0.316 e. The first-order chi connectivity index (χ1) is 7.88. The van der Waals surface area contributed by atoms with Crippen molar-refractivity contribution in [3.63, 3.8) is 0 Å². The summed E-state index contributed by atoms with van der Waals surface area (Å²) in [5.41, 5.74) is 5.64. The molecule has 17 heavy (non-hydrogen) atoms. The maximum atomic E-state index is 11.5. The Hall–Kier alpha value is -0.260. The summed E-state index contributed by atoms with van der Waals surface area (Å²) in [4.78, 5) is 11.5. The van der Waals surface area contributed by atoms with Crippen molar-refractivity contribution in [3.05, 3.63) is 0 Å². The lowest BCUT2D eigenvalue weighted by molar-refractivity contribution is -0.151. The average Bonchev–Trinajstić information content (AvgIpc) is 2.66. The Morgan fingerprint density at radius 2 is 2.29 bits per heavy atom. The van der Waals surface area contributed by atoms with Crippen molar-refractivity contribution in [2.45, 2.75) is 38.8 Å². The Labute approximate surface area is 108 Å². The van der Waals surface area contributed by atoms with Gasteiger partial charge in [-0.15, -0.1) is 11.8 Å². The van der Waals surface area contributed by atoms with Crippen molar-refractivity contribution in [1.82, 2.24) is 0 Å². The standard InChI is InChI=1S/C12H23NO3S/c1-12(2,3)16-11(14)8-17-7-10(13)9-4-5-15-6-9/h9-10H,4-8,13H2,1-3H3. The van der Waals surface area contributed by atoms with Crippen LogP contribution in [0.2, 0.25) is 0 Å². The van der Waals surface area contributed by atoms with Crippen LogP contribution >= 0.6 is 11.8 Å². The van der Waals surface area contributed by atoms with E-state index in [0.29, 0.717) is 11.7 Å². The topological polar surface area (TPSA) is 61.5 Å². The van der Waals surface area contributed by atoms with Gasteiger partial charge in [0.2, 0.25) is 0 Å². The Morgan fingerprint density at radius 3 is 2.82 bits per heavy atom. The largest absolute Gasteiger partial charge is 0.459 e. The molecule has 1 fully saturated rings. The quantitative estimate of drug-likeness (QED) is 0.759. The van der Waals surface area contributed by atoms with Gasteiger partial charge in [0, 0.05) is 24.3 Å². The van der Waals surface area contributed by atoms with E-state index in [-0.39, 0.29) is 12.0 Å². The van der Waals surface area contributed by atoms with Gasteiger partial charge >= 0.3 is 5.97 Å². The molecule has 0 aliphatic carbocycles. The van der Waals surface area contributed by atoms with E-state index in [4.69, 9.17) is 15.2 Å². The number of nitrogens with two attached hydrogens (primary N) is 1. The second-order valence-electron chi connectivity index (χ2n) is 5.39. The van der Waals surface area contributed by atoms with Crippen molar-refractivity contribution in [2.24, 2.45) is 11.7 Å². The second-order valence-corrected chi connectivity index (χ2v) is 6.42. The third-order valence-electron chi connectivity index (χ3n) is 2.52. The summed E-state index contributed by atoms with van der Waals surface area (Å²) in [6.45, 7) is 7.19. The molecule has 0 aromatic rings. The van der Waals surface area contributed by atoms with E-state index in [1.807, 2.05) is 20.8 Å². The number of carbonyl (C=O) groups is 1. The fourth-order valence-corrected chi connectivity index (χ4v) is 2.56. The third-order valence-corrected chi connectivity index (χ3v) is 3.58. The molecule has 0 aromatic heterocycles. The summed E-state index contributed by atoms with van der Waals surface area (Å²) in [5, 5.41) is 0. The first-order valence-electron chi connectivity index (χ1n) is 6.01. The molecule has 2 unspecified atom stereocenters. The maximum absolute atomic E-state index is 11.5. The van der Waals surface area contributed by atoms with Gasteiger partial charge in [0.1, 0.15) is 5.60 Å². The number of hydrogen-bond donors (Lipinski definition) is 1. The minimum absolute atomic E-state index is 0.116. The van der Waals surface area contributed by atoms with E-state index < -0.39 is 5.60 Å². The predicted molar refractivity (Wildman–Crippen MR) is 70.1 cm³/mol. The van der Waals surface area contributed by atoms with Gasteiger partial charge in [-0.1, -0.05) is 0 Å². The van der Waals surface area contributed by atoms with E-state index in [1.165, 1.54) is 0 Å². The predicted octanol–water partition coefficient (Wildman–Crippen LogP) is 1.43. The lowest BCUT2D eigenvalue weighted by Crippen LogP contribution is -2.33. The van der Waals surface area contributed by atoms with Crippen LogP contribution in [-0.2, 0) is 14.3 Å². The number of carbonyl (C=O) groups excluding carboxylic acids is 1. The molecule has 2 N–H and O–H groups in total. The summed E-state index contributed by atoms with van der Waals surface area (Å²) in [7, 11) is 0. The number of rotatable bonds is 5. The van der Waals surface area contributed by atoms with Gasteiger partial charge in [0.05, 0.1) is 12.4 Å². The minimum atomic E-state index is -0.404. The van der Waals surface area contributed by atoms with Gasteiger partial charge in [-0.2, -0.15) is 0 Å². The molecule has 0 spiro atoms. The fourth-order valence-electron chi connectivity index (χ4n) is 1.68. The molecule has 1 rings (SSSR count). The SMILES string of the molecule is CC(C)(C)OC(=O)CSCC(N)C1CCOC1. The molecule has 1 aliphatic rings. The number of esters is 1. The van der Waals surface area contributed by atoms with Crippen molar-refractivity contribution in [2.75, 3.05) is 24.7 Å². The zero-order valence-corrected chi connectivity index (χ0v) is 11.7. The molecule has 0 aromatic carbocycles. The molecule has 1 saturated heterocycles. The highest BCUT2D eigenvalue weighted by atomic mass is 32.2. The molecular formula is C12H23NO3S. The molecule has 100 valence electrons. The third kappa shape index (κ3) is 6.29. The van der Waals surface area contributed by atoms with E-state index in [0.717, 1.165) is 25.4 Å². The first-order valence-corrected chi connectivity index (χ1v) is 7.17. The molecule has 0 amide bonds. The molecule has 1 aliphatic heterocycles. The highest BCUT2D eigenvalue weighted by Crippen LogP contribution is 2.18. The number of thioether (sulfide) groups is 1. The Kier molecular flexibility index (Phi) is 5.76. The molecule has 5 heteroatoms.